The van der Waals surface area contributed by atoms with Gasteiger partial charge in [0, 0.05) is 12.6 Å². The lowest BCUT2D eigenvalue weighted by atomic mass is 9.80. The van der Waals surface area contributed by atoms with Gasteiger partial charge in [-0.25, -0.2) is 0 Å². The van der Waals surface area contributed by atoms with Gasteiger partial charge in [-0.1, -0.05) is 20.3 Å². The molecule has 0 spiro atoms. The molecule has 2 heteroatoms. The summed E-state index contributed by atoms with van der Waals surface area (Å²) >= 11 is 1.81. The van der Waals surface area contributed by atoms with E-state index >= 15 is 0 Å². The maximum absolute atomic E-state index is 3.75. The van der Waals surface area contributed by atoms with Crippen LogP contribution in [0.4, 0.5) is 0 Å². The van der Waals surface area contributed by atoms with Gasteiger partial charge in [-0.2, -0.15) is 11.3 Å². The molecule has 0 aromatic carbocycles. The van der Waals surface area contributed by atoms with Gasteiger partial charge in [-0.05, 0) is 53.5 Å². The molecule has 1 aromatic rings. The lowest BCUT2D eigenvalue weighted by molar-refractivity contribution is 0.227. The molecule has 1 heterocycles. The Morgan fingerprint density at radius 2 is 2.12 bits per heavy atom. The molecule has 0 bridgehead atoms. The molecule has 1 fully saturated rings. The van der Waals surface area contributed by atoms with Crippen molar-refractivity contribution >= 4 is 11.3 Å². The molecule has 0 amide bonds. The topological polar surface area (TPSA) is 12.0 Å². The maximum atomic E-state index is 3.75. The van der Waals surface area contributed by atoms with E-state index in [1.807, 2.05) is 11.3 Å². The molecule has 1 nitrogen and oxygen atoms in total. The Morgan fingerprint density at radius 1 is 1.31 bits per heavy atom. The van der Waals surface area contributed by atoms with Crippen LogP contribution < -0.4 is 5.32 Å². The van der Waals surface area contributed by atoms with E-state index in [-0.39, 0.29) is 0 Å². The molecular formula is C14H23NS. The number of thiophene rings is 1. The number of hydrogen-bond acceptors (Lipinski definition) is 2. The van der Waals surface area contributed by atoms with E-state index in [1.165, 1.54) is 30.4 Å². The van der Waals surface area contributed by atoms with E-state index < -0.39 is 0 Å². The smallest absolute Gasteiger partial charge is 0.0219 e. The van der Waals surface area contributed by atoms with Crippen molar-refractivity contribution in [3.63, 3.8) is 0 Å². The number of hydrogen-bond donors (Lipinski definition) is 1. The van der Waals surface area contributed by atoms with E-state index in [1.54, 1.807) is 0 Å². The lowest BCUT2D eigenvalue weighted by Crippen LogP contribution is -2.39. The minimum absolute atomic E-state index is 0.725. The SMILES string of the molecule is Cc1cscc1CNC1CC(C)CCC1C. The van der Waals surface area contributed by atoms with Crippen LogP contribution in [0.2, 0.25) is 0 Å². The zero-order valence-corrected chi connectivity index (χ0v) is 11.4. The maximum Gasteiger partial charge on any atom is 0.0219 e. The number of aryl methyl sites for hydroxylation is 1. The van der Waals surface area contributed by atoms with Gasteiger partial charge in [0.05, 0.1) is 0 Å². The second-order valence-corrected chi connectivity index (χ2v) is 6.21. The largest absolute Gasteiger partial charge is 0.310 e. The highest BCUT2D eigenvalue weighted by Crippen LogP contribution is 2.28. The molecule has 16 heavy (non-hydrogen) atoms. The lowest BCUT2D eigenvalue weighted by Gasteiger charge is -2.33. The molecule has 1 aliphatic rings. The van der Waals surface area contributed by atoms with Crippen molar-refractivity contribution < 1.29 is 0 Å². The first-order valence-electron chi connectivity index (χ1n) is 6.42. The van der Waals surface area contributed by atoms with E-state index in [0.29, 0.717) is 0 Å². The molecule has 1 aromatic heterocycles. The summed E-state index contributed by atoms with van der Waals surface area (Å²) in [6.45, 7) is 8.04. The Bertz CT molecular complexity index is 331. The van der Waals surface area contributed by atoms with Crippen LogP contribution in [0, 0.1) is 18.8 Å². The first-order valence-corrected chi connectivity index (χ1v) is 7.36. The monoisotopic (exact) mass is 237 g/mol. The standard InChI is InChI=1S/C14H23NS/c1-10-4-5-11(2)14(6-10)15-7-13-9-16-8-12(13)3/h8-11,14-15H,4-7H2,1-3H3. The fourth-order valence-corrected chi connectivity index (χ4v) is 3.48. The summed E-state index contributed by atoms with van der Waals surface area (Å²) in [4.78, 5) is 0. The molecule has 90 valence electrons. The van der Waals surface area contributed by atoms with Crippen LogP contribution >= 0.6 is 11.3 Å². The Labute approximate surface area is 103 Å². The average Bonchev–Trinajstić information content (AvgIpc) is 2.66. The van der Waals surface area contributed by atoms with Crippen LogP contribution in [-0.4, -0.2) is 6.04 Å². The van der Waals surface area contributed by atoms with Crippen molar-refractivity contribution in [2.24, 2.45) is 11.8 Å². The summed E-state index contributed by atoms with van der Waals surface area (Å²) in [5.41, 5.74) is 2.92. The predicted molar refractivity (Wildman–Crippen MR) is 71.9 cm³/mol. The van der Waals surface area contributed by atoms with Crippen LogP contribution in [0.1, 0.15) is 44.2 Å². The van der Waals surface area contributed by atoms with Crippen LogP contribution in [0.5, 0.6) is 0 Å². The highest BCUT2D eigenvalue weighted by molar-refractivity contribution is 7.08. The van der Waals surface area contributed by atoms with Gasteiger partial charge in [0.25, 0.3) is 0 Å². The van der Waals surface area contributed by atoms with Gasteiger partial charge >= 0.3 is 0 Å². The summed E-state index contributed by atoms with van der Waals surface area (Å²) in [5.74, 6) is 1.74. The van der Waals surface area contributed by atoms with E-state index in [9.17, 15) is 0 Å². The summed E-state index contributed by atoms with van der Waals surface area (Å²) in [5, 5.41) is 8.27. The zero-order valence-electron chi connectivity index (χ0n) is 10.6. The first kappa shape index (κ1) is 12.1. The van der Waals surface area contributed by atoms with Crippen molar-refractivity contribution in [3.05, 3.63) is 21.9 Å². The molecular weight excluding hydrogens is 214 g/mol. The molecule has 1 aliphatic carbocycles. The van der Waals surface area contributed by atoms with Crippen molar-refractivity contribution in [1.29, 1.82) is 0 Å². The summed E-state index contributed by atoms with van der Waals surface area (Å²) in [7, 11) is 0. The second kappa shape index (κ2) is 5.33. The quantitative estimate of drug-likeness (QED) is 0.838. The summed E-state index contributed by atoms with van der Waals surface area (Å²) in [6, 6.07) is 0.725. The summed E-state index contributed by atoms with van der Waals surface area (Å²) < 4.78 is 0. The normalized spacial score (nSPS) is 30.6. The minimum atomic E-state index is 0.725. The minimum Gasteiger partial charge on any atom is -0.310 e. The van der Waals surface area contributed by atoms with Gasteiger partial charge in [-0.3, -0.25) is 0 Å². The van der Waals surface area contributed by atoms with Crippen molar-refractivity contribution in [2.75, 3.05) is 0 Å². The average molecular weight is 237 g/mol. The highest BCUT2D eigenvalue weighted by atomic mass is 32.1. The van der Waals surface area contributed by atoms with Crippen molar-refractivity contribution in [2.45, 2.75) is 52.6 Å². The molecule has 0 radical (unpaired) electrons. The fourth-order valence-electron chi connectivity index (χ4n) is 2.63. The van der Waals surface area contributed by atoms with E-state index in [2.05, 4.69) is 36.8 Å². The van der Waals surface area contributed by atoms with Gasteiger partial charge in [0.2, 0.25) is 0 Å². The van der Waals surface area contributed by atoms with Gasteiger partial charge in [0.15, 0.2) is 0 Å². The third kappa shape index (κ3) is 2.86. The van der Waals surface area contributed by atoms with Gasteiger partial charge < -0.3 is 5.32 Å². The fraction of sp³-hybridized carbons (Fsp3) is 0.714. The summed E-state index contributed by atoms with van der Waals surface area (Å²) in [6.07, 6.45) is 4.16. The zero-order chi connectivity index (χ0) is 11.5. The third-order valence-corrected chi connectivity index (χ3v) is 4.88. The molecule has 0 saturated heterocycles. The van der Waals surface area contributed by atoms with Gasteiger partial charge in [-0.15, -0.1) is 0 Å². The van der Waals surface area contributed by atoms with Crippen LogP contribution in [0.3, 0.4) is 0 Å². The third-order valence-electron chi connectivity index (χ3n) is 3.97. The number of rotatable bonds is 3. The molecule has 2 rings (SSSR count). The molecule has 3 unspecified atom stereocenters. The van der Waals surface area contributed by atoms with Crippen LogP contribution in [0.25, 0.3) is 0 Å². The highest BCUT2D eigenvalue weighted by Gasteiger charge is 2.24. The first-order chi connectivity index (χ1) is 7.66. The molecule has 0 aliphatic heterocycles. The van der Waals surface area contributed by atoms with Gasteiger partial charge in [0.1, 0.15) is 0 Å². The van der Waals surface area contributed by atoms with Crippen LogP contribution in [0.15, 0.2) is 10.8 Å². The van der Waals surface area contributed by atoms with E-state index in [0.717, 1.165) is 24.4 Å². The van der Waals surface area contributed by atoms with E-state index in [4.69, 9.17) is 0 Å². The van der Waals surface area contributed by atoms with Crippen molar-refractivity contribution in [3.8, 4) is 0 Å². The predicted octanol–water partition coefficient (Wildman–Crippen LogP) is 3.97. The second-order valence-electron chi connectivity index (χ2n) is 5.46. The Hall–Kier alpha value is -0.340. The Kier molecular flexibility index (Phi) is 4.04. The Balaban J connectivity index is 1.87. The Morgan fingerprint density at radius 3 is 2.81 bits per heavy atom. The number of nitrogens with one attached hydrogen (secondary N) is 1. The molecule has 3 atom stereocenters. The molecule has 1 saturated carbocycles. The van der Waals surface area contributed by atoms with Crippen molar-refractivity contribution in [1.82, 2.24) is 5.32 Å². The van der Waals surface area contributed by atoms with Crippen LogP contribution in [-0.2, 0) is 6.54 Å². The molecule has 1 N–H and O–H groups in total.